The normalized spacial score (nSPS) is 12.3. The summed E-state index contributed by atoms with van der Waals surface area (Å²) in [6, 6.07) is 11.1. The van der Waals surface area contributed by atoms with Crippen LogP contribution in [0, 0.1) is 6.92 Å². The maximum Gasteiger partial charge on any atom is 0.137 e. The molecule has 1 N–H and O–H groups in total. The molecule has 1 unspecified atom stereocenters. The molecular weight excluding hydrogens is 328 g/mol. The van der Waals surface area contributed by atoms with E-state index in [-0.39, 0.29) is 0 Å². The number of hydrogen-bond acceptors (Lipinski definition) is 2. The van der Waals surface area contributed by atoms with Crippen molar-refractivity contribution in [3.63, 3.8) is 0 Å². The minimum absolute atomic E-state index is 0.489. The number of aliphatic hydroxyl groups is 1. The Morgan fingerprint density at radius 2 is 2.00 bits per heavy atom. The van der Waals surface area contributed by atoms with Crippen molar-refractivity contribution >= 4 is 27.5 Å². The van der Waals surface area contributed by atoms with E-state index in [1.807, 2.05) is 31.2 Å². The molecule has 0 aliphatic rings. The Balaban J connectivity index is 2.41. The second-order valence-electron chi connectivity index (χ2n) is 4.27. The second kappa shape index (κ2) is 5.95. The molecule has 0 fully saturated rings. The van der Waals surface area contributed by atoms with Crippen molar-refractivity contribution < 1.29 is 9.84 Å². The summed E-state index contributed by atoms with van der Waals surface area (Å²) in [5.41, 5.74) is 2.63. The lowest BCUT2D eigenvalue weighted by atomic mass is 10.00. The maximum absolute atomic E-state index is 10.5. The highest BCUT2D eigenvalue weighted by atomic mass is 79.9. The van der Waals surface area contributed by atoms with Crippen molar-refractivity contribution in [2.24, 2.45) is 0 Å². The summed E-state index contributed by atoms with van der Waals surface area (Å²) < 4.78 is 6.02. The van der Waals surface area contributed by atoms with Crippen LogP contribution in [-0.2, 0) is 0 Å². The number of aliphatic hydroxyl groups excluding tert-OH is 1. The Morgan fingerprint density at radius 3 is 2.63 bits per heavy atom. The molecule has 4 heteroatoms. The standard InChI is InChI=1S/C15H14BrClO2/c1-9-4-3-5-11(14(9)16)15(18)10-6-7-13(19-2)12(17)8-10/h3-8,15,18H,1-2H3. The summed E-state index contributed by atoms with van der Waals surface area (Å²) in [4.78, 5) is 0. The third kappa shape index (κ3) is 2.94. The van der Waals surface area contributed by atoms with Crippen LogP contribution in [0.5, 0.6) is 5.75 Å². The molecule has 0 aromatic heterocycles. The summed E-state index contributed by atoms with van der Waals surface area (Å²) in [6.45, 7) is 1.99. The van der Waals surface area contributed by atoms with Crippen LogP contribution in [0.1, 0.15) is 22.8 Å². The van der Waals surface area contributed by atoms with Crippen LogP contribution in [0.2, 0.25) is 5.02 Å². The molecule has 2 nitrogen and oxygen atoms in total. The second-order valence-corrected chi connectivity index (χ2v) is 5.47. The minimum Gasteiger partial charge on any atom is -0.495 e. The van der Waals surface area contributed by atoms with Gasteiger partial charge in [0.05, 0.1) is 12.1 Å². The van der Waals surface area contributed by atoms with Crippen molar-refractivity contribution in [2.75, 3.05) is 7.11 Å². The monoisotopic (exact) mass is 340 g/mol. The molecule has 0 spiro atoms. The topological polar surface area (TPSA) is 29.5 Å². The van der Waals surface area contributed by atoms with Crippen molar-refractivity contribution in [3.05, 3.63) is 62.6 Å². The number of benzene rings is 2. The van der Waals surface area contributed by atoms with Crippen LogP contribution in [0.3, 0.4) is 0 Å². The van der Waals surface area contributed by atoms with Crippen LogP contribution in [0.4, 0.5) is 0 Å². The van der Waals surface area contributed by atoms with Crippen molar-refractivity contribution in [1.82, 2.24) is 0 Å². The number of hydrogen-bond donors (Lipinski definition) is 1. The predicted octanol–water partition coefficient (Wildman–Crippen LogP) is 4.50. The molecule has 2 aromatic rings. The largest absolute Gasteiger partial charge is 0.495 e. The highest BCUT2D eigenvalue weighted by molar-refractivity contribution is 9.10. The fourth-order valence-electron chi connectivity index (χ4n) is 1.91. The highest BCUT2D eigenvalue weighted by Crippen LogP contribution is 2.34. The molecule has 0 aliphatic carbocycles. The first-order valence-electron chi connectivity index (χ1n) is 5.81. The predicted molar refractivity (Wildman–Crippen MR) is 80.9 cm³/mol. The van der Waals surface area contributed by atoms with Gasteiger partial charge in [0, 0.05) is 4.47 Å². The van der Waals surface area contributed by atoms with E-state index in [1.165, 1.54) is 0 Å². The van der Waals surface area contributed by atoms with E-state index in [0.29, 0.717) is 10.8 Å². The number of methoxy groups -OCH3 is 1. The highest BCUT2D eigenvalue weighted by Gasteiger charge is 2.16. The first kappa shape index (κ1) is 14.4. The van der Waals surface area contributed by atoms with Gasteiger partial charge in [0.25, 0.3) is 0 Å². The molecular formula is C15H14BrClO2. The number of halogens is 2. The first-order valence-corrected chi connectivity index (χ1v) is 6.98. The zero-order chi connectivity index (χ0) is 14.0. The molecule has 0 aliphatic heterocycles. The Labute approximate surface area is 126 Å². The van der Waals surface area contributed by atoms with Gasteiger partial charge in [0.15, 0.2) is 0 Å². The minimum atomic E-state index is -0.724. The molecule has 0 saturated carbocycles. The fraction of sp³-hybridized carbons (Fsp3) is 0.200. The molecule has 0 amide bonds. The zero-order valence-corrected chi connectivity index (χ0v) is 13.0. The van der Waals surface area contributed by atoms with Crippen molar-refractivity contribution in [3.8, 4) is 5.75 Å². The summed E-state index contributed by atoms with van der Waals surface area (Å²) in [7, 11) is 1.56. The lowest BCUT2D eigenvalue weighted by Crippen LogP contribution is -2.02. The Morgan fingerprint density at radius 1 is 1.26 bits per heavy atom. The van der Waals surface area contributed by atoms with Crippen LogP contribution >= 0.6 is 27.5 Å². The van der Waals surface area contributed by atoms with E-state index >= 15 is 0 Å². The zero-order valence-electron chi connectivity index (χ0n) is 10.7. The van der Waals surface area contributed by atoms with Gasteiger partial charge in [0.1, 0.15) is 11.9 Å². The lowest BCUT2D eigenvalue weighted by Gasteiger charge is -2.15. The van der Waals surface area contributed by atoms with E-state index < -0.39 is 6.10 Å². The van der Waals surface area contributed by atoms with Crippen LogP contribution in [0.25, 0.3) is 0 Å². The Bertz CT molecular complexity index is 599. The average Bonchev–Trinajstić information content (AvgIpc) is 2.41. The molecule has 1 atom stereocenters. The van der Waals surface area contributed by atoms with E-state index in [9.17, 15) is 5.11 Å². The molecule has 19 heavy (non-hydrogen) atoms. The van der Waals surface area contributed by atoms with Gasteiger partial charge in [-0.3, -0.25) is 0 Å². The SMILES string of the molecule is COc1ccc(C(O)c2cccc(C)c2Br)cc1Cl. The molecule has 0 radical (unpaired) electrons. The smallest absolute Gasteiger partial charge is 0.137 e. The van der Waals surface area contributed by atoms with Gasteiger partial charge in [-0.05, 0) is 35.7 Å². The van der Waals surface area contributed by atoms with E-state index in [2.05, 4.69) is 15.9 Å². The van der Waals surface area contributed by atoms with Gasteiger partial charge in [-0.2, -0.15) is 0 Å². The van der Waals surface area contributed by atoms with Crippen LogP contribution < -0.4 is 4.74 Å². The molecule has 2 rings (SSSR count). The average molecular weight is 342 g/mol. The van der Waals surface area contributed by atoms with Gasteiger partial charge in [-0.1, -0.05) is 51.8 Å². The molecule has 100 valence electrons. The molecule has 0 heterocycles. The summed E-state index contributed by atoms with van der Waals surface area (Å²) in [5, 5.41) is 10.9. The lowest BCUT2D eigenvalue weighted by molar-refractivity contribution is 0.219. The quantitative estimate of drug-likeness (QED) is 0.890. The summed E-state index contributed by atoms with van der Waals surface area (Å²) in [6.07, 6.45) is -0.724. The third-order valence-corrected chi connectivity index (χ3v) is 4.39. The van der Waals surface area contributed by atoms with E-state index in [4.69, 9.17) is 16.3 Å². The molecule has 0 bridgehead atoms. The third-order valence-electron chi connectivity index (χ3n) is 3.01. The number of rotatable bonds is 3. The number of ether oxygens (including phenoxy) is 1. The van der Waals surface area contributed by atoms with Gasteiger partial charge in [-0.15, -0.1) is 0 Å². The Kier molecular flexibility index (Phi) is 4.50. The fourth-order valence-corrected chi connectivity index (χ4v) is 2.66. The number of aryl methyl sites for hydroxylation is 1. The first-order chi connectivity index (χ1) is 9.04. The van der Waals surface area contributed by atoms with Crippen LogP contribution in [0.15, 0.2) is 40.9 Å². The van der Waals surface area contributed by atoms with Crippen molar-refractivity contribution in [1.29, 1.82) is 0 Å². The van der Waals surface area contributed by atoms with Gasteiger partial charge >= 0.3 is 0 Å². The van der Waals surface area contributed by atoms with Gasteiger partial charge in [0.2, 0.25) is 0 Å². The van der Waals surface area contributed by atoms with Gasteiger partial charge < -0.3 is 9.84 Å². The molecule has 0 saturated heterocycles. The van der Waals surface area contributed by atoms with E-state index in [1.54, 1.807) is 19.2 Å². The summed E-state index contributed by atoms with van der Waals surface area (Å²) >= 11 is 9.59. The summed E-state index contributed by atoms with van der Waals surface area (Å²) in [5.74, 6) is 0.598. The van der Waals surface area contributed by atoms with Crippen LogP contribution in [-0.4, -0.2) is 12.2 Å². The molecule has 2 aromatic carbocycles. The van der Waals surface area contributed by atoms with Crippen molar-refractivity contribution in [2.45, 2.75) is 13.0 Å². The van der Waals surface area contributed by atoms with E-state index in [0.717, 1.165) is 21.2 Å². The van der Waals surface area contributed by atoms with Gasteiger partial charge in [-0.25, -0.2) is 0 Å². The Hall–Kier alpha value is -1.03. The maximum atomic E-state index is 10.5.